The van der Waals surface area contributed by atoms with E-state index in [-0.39, 0.29) is 5.46 Å². The van der Waals surface area contributed by atoms with Gasteiger partial charge < -0.3 is 20.1 Å². The van der Waals surface area contributed by atoms with Crippen molar-refractivity contribution in [2.45, 2.75) is 0 Å². The molecule has 0 radical (unpaired) electrons. The molecule has 2 aromatic carbocycles. The fraction of sp³-hybridized carbons (Fsp3) is 0.105. The van der Waals surface area contributed by atoms with E-state index in [2.05, 4.69) is 25.7 Å². The number of nitrogens with zero attached hydrogens (tertiary/aromatic N) is 3. The van der Waals surface area contributed by atoms with Crippen LogP contribution in [0.5, 0.6) is 5.75 Å². The van der Waals surface area contributed by atoms with Crippen molar-refractivity contribution in [2.24, 2.45) is 0 Å². The van der Waals surface area contributed by atoms with Crippen LogP contribution in [-0.2, 0) is 0 Å². The van der Waals surface area contributed by atoms with Crippen molar-refractivity contribution >= 4 is 29.2 Å². The number of benzene rings is 2. The van der Waals surface area contributed by atoms with Gasteiger partial charge in [0.05, 0.1) is 30.2 Å². The fourth-order valence-corrected chi connectivity index (χ4v) is 3.27. The summed E-state index contributed by atoms with van der Waals surface area (Å²) in [5.41, 5.74) is 5.11. The van der Waals surface area contributed by atoms with Crippen molar-refractivity contribution in [1.29, 1.82) is 0 Å². The van der Waals surface area contributed by atoms with Crippen molar-refractivity contribution < 1.29 is 14.8 Å². The maximum absolute atomic E-state index is 9.79. The fourth-order valence-electron chi connectivity index (χ4n) is 3.27. The van der Waals surface area contributed by atoms with Gasteiger partial charge in [0.2, 0.25) is 0 Å². The zero-order valence-electron chi connectivity index (χ0n) is 15.3. The largest absolute Gasteiger partial charge is 0.497 e. The molecule has 0 spiro atoms. The third kappa shape index (κ3) is 3.06. The molecule has 0 aliphatic carbocycles. The van der Waals surface area contributed by atoms with E-state index in [1.165, 1.54) is 7.11 Å². The van der Waals surface area contributed by atoms with Gasteiger partial charge >= 0.3 is 7.12 Å². The van der Waals surface area contributed by atoms with Gasteiger partial charge in [-0.15, -0.1) is 0 Å². The molecule has 0 bridgehead atoms. The lowest BCUT2D eigenvalue weighted by Crippen LogP contribution is -2.31. The van der Waals surface area contributed by atoms with Gasteiger partial charge in [0.15, 0.2) is 0 Å². The highest BCUT2D eigenvalue weighted by molar-refractivity contribution is 6.60. The molecule has 140 valence electrons. The van der Waals surface area contributed by atoms with Gasteiger partial charge in [-0.2, -0.15) is 15.3 Å². The second-order valence-corrected chi connectivity index (χ2v) is 6.22. The minimum Gasteiger partial charge on any atom is -0.497 e. The lowest BCUT2D eigenvalue weighted by Gasteiger charge is -2.15. The van der Waals surface area contributed by atoms with Crippen molar-refractivity contribution in [2.75, 3.05) is 19.5 Å². The number of hydrogen-bond acceptors (Lipinski definition) is 7. The van der Waals surface area contributed by atoms with Crippen LogP contribution in [0, 0.1) is 0 Å². The highest BCUT2D eigenvalue weighted by atomic mass is 16.5. The smallest absolute Gasteiger partial charge is 0.492 e. The minimum absolute atomic E-state index is 0.274. The molecule has 4 aromatic rings. The van der Waals surface area contributed by atoms with Gasteiger partial charge in [-0.1, -0.05) is 12.1 Å². The molecule has 8 nitrogen and oxygen atoms in total. The van der Waals surface area contributed by atoms with Crippen LogP contribution in [-0.4, -0.2) is 51.7 Å². The van der Waals surface area contributed by atoms with Crippen molar-refractivity contribution in [3.63, 3.8) is 0 Å². The summed E-state index contributed by atoms with van der Waals surface area (Å²) in [5.74, 6) is 0.376. The monoisotopic (exact) mass is 375 g/mol. The van der Waals surface area contributed by atoms with Crippen LogP contribution in [0.3, 0.4) is 0 Å². The molecule has 0 fully saturated rings. The number of fused-ring (bicyclic) bond motifs is 1. The number of H-pyrrole nitrogens is 1. The summed E-state index contributed by atoms with van der Waals surface area (Å²) in [6, 6.07) is 11.1. The molecule has 0 atom stereocenters. The zero-order valence-corrected chi connectivity index (χ0v) is 15.3. The standard InChI is InChI=1S/C19H18BN5O3/c1-21-18-10-23-25-17-7-11(3-4-12(17)18)13-8-15(20(26)27)19(28-2)9-14(13)16-5-6-22-24-16/h3-10,26-27H,1-2H3,(H,21,25)(H,22,24). The number of aromatic nitrogens is 4. The number of hydrogen-bond donors (Lipinski definition) is 4. The molecule has 0 saturated heterocycles. The molecular formula is C19H18BN5O3. The number of anilines is 1. The first-order valence-electron chi connectivity index (χ1n) is 8.63. The SMILES string of the molecule is CNc1cnnc2cc(-c3cc(B(O)O)c(OC)cc3-c3ccn[nH]3)ccc12. The van der Waals surface area contributed by atoms with Crippen LogP contribution in [0.4, 0.5) is 5.69 Å². The average Bonchev–Trinajstić information content (AvgIpc) is 3.26. The normalized spacial score (nSPS) is 10.9. The molecule has 0 saturated carbocycles. The molecule has 0 amide bonds. The van der Waals surface area contributed by atoms with E-state index in [1.807, 2.05) is 31.3 Å². The van der Waals surface area contributed by atoms with Crippen LogP contribution in [0.1, 0.15) is 0 Å². The Kier molecular flexibility index (Phi) is 4.68. The predicted molar refractivity (Wildman–Crippen MR) is 108 cm³/mol. The lowest BCUT2D eigenvalue weighted by atomic mass is 9.77. The number of aromatic amines is 1. The third-order valence-electron chi connectivity index (χ3n) is 4.66. The van der Waals surface area contributed by atoms with Gasteiger partial charge in [-0.05, 0) is 35.4 Å². The average molecular weight is 375 g/mol. The molecule has 4 rings (SSSR count). The third-order valence-corrected chi connectivity index (χ3v) is 4.66. The summed E-state index contributed by atoms with van der Waals surface area (Å²) in [7, 11) is 1.65. The Morgan fingerprint density at radius 1 is 1.11 bits per heavy atom. The molecule has 28 heavy (non-hydrogen) atoms. The van der Waals surface area contributed by atoms with E-state index < -0.39 is 7.12 Å². The maximum Gasteiger partial charge on any atom is 0.492 e. The molecule has 2 heterocycles. The van der Waals surface area contributed by atoms with Crippen LogP contribution in [0.15, 0.2) is 48.8 Å². The first-order valence-corrected chi connectivity index (χ1v) is 8.63. The molecule has 2 aromatic heterocycles. The van der Waals surface area contributed by atoms with Crippen molar-refractivity contribution in [3.8, 4) is 28.1 Å². The summed E-state index contributed by atoms with van der Waals surface area (Å²) in [6.07, 6.45) is 3.33. The van der Waals surface area contributed by atoms with E-state index in [1.54, 1.807) is 24.5 Å². The van der Waals surface area contributed by atoms with E-state index >= 15 is 0 Å². The molecule has 4 N–H and O–H groups in total. The van der Waals surface area contributed by atoms with E-state index in [9.17, 15) is 10.0 Å². The quantitative estimate of drug-likeness (QED) is 0.390. The Labute approximate surface area is 161 Å². The molecule has 9 heteroatoms. The Morgan fingerprint density at radius 2 is 1.96 bits per heavy atom. The minimum atomic E-state index is -1.67. The summed E-state index contributed by atoms with van der Waals surface area (Å²) >= 11 is 0. The topological polar surface area (TPSA) is 116 Å². The van der Waals surface area contributed by atoms with Gasteiger partial charge in [0, 0.05) is 29.7 Å². The van der Waals surface area contributed by atoms with Crippen LogP contribution in [0.2, 0.25) is 0 Å². The highest BCUT2D eigenvalue weighted by Gasteiger charge is 2.22. The Morgan fingerprint density at radius 3 is 2.64 bits per heavy atom. The van der Waals surface area contributed by atoms with Gasteiger partial charge in [0.1, 0.15) is 5.75 Å². The lowest BCUT2D eigenvalue weighted by molar-refractivity contribution is 0.403. The first-order chi connectivity index (χ1) is 13.6. The molecular weight excluding hydrogens is 357 g/mol. The van der Waals surface area contributed by atoms with E-state index in [4.69, 9.17) is 4.74 Å². The van der Waals surface area contributed by atoms with E-state index in [0.717, 1.165) is 39.0 Å². The number of ether oxygens (including phenoxy) is 1. The maximum atomic E-state index is 9.79. The Balaban J connectivity index is 1.97. The molecule has 0 aliphatic rings. The van der Waals surface area contributed by atoms with Crippen LogP contribution < -0.4 is 15.5 Å². The van der Waals surface area contributed by atoms with Crippen LogP contribution in [0.25, 0.3) is 33.3 Å². The van der Waals surface area contributed by atoms with E-state index in [0.29, 0.717) is 5.75 Å². The summed E-state index contributed by atoms with van der Waals surface area (Å²) in [5, 5.41) is 38.9. The predicted octanol–water partition coefficient (Wildman–Crippen LogP) is 1.42. The van der Waals surface area contributed by atoms with Crippen molar-refractivity contribution in [1.82, 2.24) is 20.4 Å². The number of nitrogens with one attached hydrogen (secondary N) is 2. The Bertz CT molecular complexity index is 1130. The van der Waals surface area contributed by atoms with Crippen LogP contribution >= 0.6 is 0 Å². The van der Waals surface area contributed by atoms with Gasteiger partial charge in [-0.3, -0.25) is 5.10 Å². The summed E-state index contributed by atoms with van der Waals surface area (Å²) < 4.78 is 5.35. The van der Waals surface area contributed by atoms with Gasteiger partial charge in [-0.25, -0.2) is 0 Å². The zero-order chi connectivity index (χ0) is 19.7. The van der Waals surface area contributed by atoms with Crippen molar-refractivity contribution in [3.05, 3.63) is 48.8 Å². The van der Waals surface area contributed by atoms with Gasteiger partial charge in [0.25, 0.3) is 0 Å². The Hall–Kier alpha value is -3.43. The molecule has 0 aliphatic heterocycles. The number of methoxy groups -OCH3 is 1. The second-order valence-electron chi connectivity index (χ2n) is 6.22. The summed E-state index contributed by atoms with van der Waals surface area (Å²) in [6.45, 7) is 0. The molecule has 0 unspecified atom stereocenters. The number of rotatable bonds is 5. The highest BCUT2D eigenvalue weighted by Crippen LogP contribution is 2.35. The first kappa shape index (κ1) is 18.0. The second kappa shape index (κ2) is 7.30. The summed E-state index contributed by atoms with van der Waals surface area (Å²) in [4.78, 5) is 0.